The molecule has 0 amide bonds. The van der Waals surface area contributed by atoms with Crippen molar-refractivity contribution in [3.8, 4) is 6.07 Å². The summed E-state index contributed by atoms with van der Waals surface area (Å²) in [5.41, 5.74) is 0.417. The van der Waals surface area contributed by atoms with Gasteiger partial charge in [-0.2, -0.15) is 5.26 Å². The topological polar surface area (TPSA) is 79.0 Å². The summed E-state index contributed by atoms with van der Waals surface area (Å²) in [5.74, 6) is 1.29. The highest BCUT2D eigenvalue weighted by atomic mass is 16.6. The van der Waals surface area contributed by atoms with Gasteiger partial charge in [0, 0.05) is 6.54 Å². The highest BCUT2D eigenvalue weighted by Gasteiger charge is 2.32. The summed E-state index contributed by atoms with van der Waals surface area (Å²) in [6.07, 6.45) is 1.17. The Balaban J connectivity index is 2.20. The summed E-state index contributed by atoms with van der Waals surface area (Å²) >= 11 is 0. The summed E-state index contributed by atoms with van der Waals surface area (Å²) in [7, 11) is 0. The number of nitrogens with one attached hydrogen (secondary N) is 1. The van der Waals surface area contributed by atoms with Crippen LogP contribution >= 0.6 is 0 Å². The molecule has 5 nitrogen and oxygen atoms in total. The van der Waals surface area contributed by atoms with E-state index >= 15 is 0 Å². The second-order valence-electron chi connectivity index (χ2n) is 4.42. The molecule has 1 aromatic carbocycles. The molecule has 1 aliphatic carbocycles. The van der Waals surface area contributed by atoms with Crippen LogP contribution in [-0.4, -0.2) is 11.5 Å². The third-order valence-electron chi connectivity index (χ3n) is 3.17. The Bertz CT molecular complexity index is 493. The maximum Gasteiger partial charge on any atom is 0.309 e. The molecule has 17 heavy (non-hydrogen) atoms. The zero-order chi connectivity index (χ0) is 12.4. The first-order valence-electron chi connectivity index (χ1n) is 5.55. The zero-order valence-corrected chi connectivity index (χ0v) is 9.51. The van der Waals surface area contributed by atoms with Gasteiger partial charge in [0.05, 0.1) is 4.92 Å². The minimum absolute atomic E-state index is 0.101. The second kappa shape index (κ2) is 4.42. The number of nitro benzene ring substituents is 1. The standard InChI is InChI=1S/C12H13N3O2/c1-8-5-10(8)7-14-11-4-2-3-9(6-13)12(11)15(16)17/h2-4,8,10,14H,5,7H2,1H3. The van der Waals surface area contributed by atoms with E-state index in [1.807, 2.05) is 6.07 Å². The molecule has 1 aromatic rings. The first-order valence-corrected chi connectivity index (χ1v) is 5.55. The normalized spacial score (nSPS) is 21.6. The van der Waals surface area contributed by atoms with Gasteiger partial charge in [-0.05, 0) is 30.4 Å². The van der Waals surface area contributed by atoms with Crippen LogP contribution in [0.5, 0.6) is 0 Å². The van der Waals surface area contributed by atoms with E-state index in [4.69, 9.17) is 5.26 Å². The fourth-order valence-corrected chi connectivity index (χ4v) is 1.90. The predicted octanol–water partition coefficient (Wildman–Crippen LogP) is 2.53. The fraction of sp³-hybridized carbons (Fsp3) is 0.417. The Kier molecular flexibility index (Phi) is 2.96. The summed E-state index contributed by atoms with van der Waals surface area (Å²) in [6.45, 7) is 2.89. The average Bonchev–Trinajstić information content (AvgIpc) is 3.01. The van der Waals surface area contributed by atoms with Crippen molar-refractivity contribution in [1.29, 1.82) is 5.26 Å². The van der Waals surface area contributed by atoms with Crippen LogP contribution in [0.1, 0.15) is 18.9 Å². The lowest BCUT2D eigenvalue weighted by Gasteiger charge is -2.06. The predicted molar refractivity (Wildman–Crippen MR) is 63.6 cm³/mol. The lowest BCUT2D eigenvalue weighted by atomic mass is 10.1. The molecule has 5 heteroatoms. The summed E-state index contributed by atoms with van der Waals surface area (Å²) in [4.78, 5) is 10.4. The molecule has 1 fully saturated rings. The molecule has 0 radical (unpaired) electrons. The lowest BCUT2D eigenvalue weighted by Crippen LogP contribution is -2.07. The quantitative estimate of drug-likeness (QED) is 0.637. The summed E-state index contributed by atoms with van der Waals surface area (Å²) in [5, 5.41) is 22.9. The van der Waals surface area contributed by atoms with Crippen molar-refractivity contribution in [2.75, 3.05) is 11.9 Å². The highest BCUT2D eigenvalue weighted by molar-refractivity contribution is 5.68. The Hall–Kier alpha value is -2.09. The Morgan fingerprint density at radius 1 is 1.65 bits per heavy atom. The van der Waals surface area contributed by atoms with Gasteiger partial charge in [0.1, 0.15) is 17.3 Å². The highest BCUT2D eigenvalue weighted by Crippen LogP contribution is 2.38. The van der Waals surface area contributed by atoms with Crippen molar-refractivity contribution in [2.45, 2.75) is 13.3 Å². The number of nitriles is 1. The Morgan fingerprint density at radius 3 is 2.88 bits per heavy atom. The molecule has 2 atom stereocenters. The molecule has 2 rings (SSSR count). The maximum atomic E-state index is 10.9. The molecule has 0 bridgehead atoms. The van der Waals surface area contributed by atoms with Crippen molar-refractivity contribution in [1.82, 2.24) is 0 Å². The maximum absolute atomic E-state index is 10.9. The van der Waals surface area contributed by atoms with Crippen LogP contribution in [0, 0.1) is 33.3 Å². The van der Waals surface area contributed by atoms with E-state index in [9.17, 15) is 10.1 Å². The molecule has 0 saturated heterocycles. The largest absolute Gasteiger partial charge is 0.379 e. The average molecular weight is 231 g/mol. The fourth-order valence-electron chi connectivity index (χ4n) is 1.90. The van der Waals surface area contributed by atoms with Gasteiger partial charge in [0.15, 0.2) is 0 Å². The minimum atomic E-state index is -0.503. The third kappa shape index (κ3) is 2.36. The van der Waals surface area contributed by atoms with Crippen molar-refractivity contribution in [2.24, 2.45) is 11.8 Å². The molecule has 0 aromatic heterocycles. The van der Waals surface area contributed by atoms with Gasteiger partial charge in [-0.25, -0.2) is 0 Å². The lowest BCUT2D eigenvalue weighted by molar-refractivity contribution is -0.384. The van der Waals surface area contributed by atoms with E-state index in [0.29, 0.717) is 17.5 Å². The molecule has 1 N–H and O–H groups in total. The van der Waals surface area contributed by atoms with Gasteiger partial charge < -0.3 is 5.32 Å². The van der Waals surface area contributed by atoms with Crippen LogP contribution in [-0.2, 0) is 0 Å². The molecule has 2 unspecified atom stereocenters. The molecule has 1 aliphatic rings. The Labute approximate surface area is 99.2 Å². The van der Waals surface area contributed by atoms with Gasteiger partial charge in [0.25, 0.3) is 0 Å². The van der Waals surface area contributed by atoms with Gasteiger partial charge in [-0.15, -0.1) is 0 Å². The number of rotatable bonds is 4. The Morgan fingerprint density at radius 2 is 2.35 bits per heavy atom. The van der Waals surface area contributed by atoms with Crippen LogP contribution < -0.4 is 5.32 Å². The van der Waals surface area contributed by atoms with Crippen molar-refractivity contribution in [3.63, 3.8) is 0 Å². The third-order valence-corrected chi connectivity index (χ3v) is 3.17. The van der Waals surface area contributed by atoms with Gasteiger partial charge >= 0.3 is 5.69 Å². The number of nitrogens with zero attached hydrogens (tertiary/aromatic N) is 2. The molecule has 88 valence electrons. The summed E-state index contributed by atoms with van der Waals surface area (Å²) in [6, 6.07) is 6.61. The van der Waals surface area contributed by atoms with Crippen LogP contribution in [0.3, 0.4) is 0 Å². The molecule has 0 spiro atoms. The van der Waals surface area contributed by atoms with Gasteiger partial charge in [0.2, 0.25) is 0 Å². The number of anilines is 1. The van der Waals surface area contributed by atoms with Crippen molar-refractivity contribution < 1.29 is 4.92 Å². The van der Waals surface area contributed by atoms with E-state index in [0.717, 1.165) is 6.54 Å². The van der Waals surface area contributed by atoms with Crippen LogP contribution in [0.4, 0.5) is 11.4 Å². The molecule has 0 aliphatic heterocycles. The molecule has 1 saturated carbocycles. The van der Waals surface area contributed by atoms with Crippen LogP contribution in [0.15, 0.2) is 18.2 Å². The SMILES string of the molecule is CC1CC1CNc1cccc(C#N)c1[N+](=O)[O-]. The number of para-hydroxylation sites is 1. The first-order chi connectivity index (χ1) is 8.13. The number of hydrogen-bond acceptors (Lipinski definition) is 4. The van der Waals surface area contributed by atoms with E-state index in [1.165, 1.54) is 12.5 Å². The molecule has 0 heterocycles. The van der Waals surface area contributed by atoms with E-state index in [1.54, 1.807) is 12.1 Å². The van der Waals surface area contributed by atoms with E-state index in [-0.39, 0.29) is 11.3 Å². The molecular formula is C12H13N3O2. The van der Waals surface area contributed by atoms with Gasteiger partial charge in [-0.1, -0.05) is 13.0 Å². The number of nitro groups is 1. The van der Waals surface area contributed by atoms with Crippen molar-refractivity contribution >= 4 is 11.4 Å². The number of benzene rings is 1. The van der Waals surface area contributed by atoms with Crippen molar-refractivity contribution in [3.05, 3.63) is 33.9 Å². The van der Waals surface area contributed by atoms with E-state index < -0.39 is 4.92 Å². The first kappa shape index (κ1) is 11.4. The minimum Gasteiger partial charge on any atom is -0.379 e. The molecular weight excluding hydrogens is 218 g/mol. The number of hydrogen-bond donors (Lipinski definition) is 1. The summed E-state index contributed by atoms with van der Waals surface area (Å²) < 4.78 is 0. The zero-order valence-electron chi connectivity index (χ0n) is 9.51. The van der Waals surface area contributed by atoms with E-state index in [2.05, 4.69) is 12.2 Å². The van der Waals surface area contributed by atoms with Crippen LogP contribution in [0.25, 0.3) is 0 Å². The second-order valence-corrected chi connectivity index (χ2v) is 4.42. The van der Waals surface area contributed by atoms with Crippen LogP contribution in [0.2, 0.25) is 0 Å². The smallest absolute Gasteiger partial charge is 0.309 e. The monoisotopic (exact) mass is 231 g/mol. The van der Waals surface area contributed by atoms with Gasteiger partial charge in [-0.3, -0.25) is 10.1 Å².